The lowest BCUT2D eigenvalue weighted by atomic mass is 9.78. The monoisotopic (exact) mass is 342 g/mol. The number of para-hydroxylation sites is 2. The highest BCUT2D eigenvalue weighted by Crippen LogP contribution is 2.32. The van der Waals surface area contributed by atoms with Crippen molar-refractivity contribution in [2.45, 2.75) is 19.3 Å². The molecule has 0 radical (unpaired) electrons. The van der Waals surface area contributed by atoms with Crippen LogP contribution in [0.4, 0.5) is 5.69 Å². The topological polar surface area (TPSA) is 81.4 Å². The highest BCUT2D eigenvalue weighted by Gasteiger charge is 2.23. The van der Waals surface area contributed by atoms with Crippen molar-refractivity contribution in [1.29, 1.82) is 5.26 Å². The summed E-state index contributed by atoms with van der Waals surface area (Å²) in [6, 6.07) is 26.1. The first-order valence-electron chi connectivity index (χ1n) is 8.49. The fourth-order valence-corrected chi connectivity index (χ4v) is 2.85. The number of anilines is 1. The normalized spacial score (nSPS) is 10.8. The largest absolute Gasteiger partial charge is 0.398 e. The molecule has 1 heterocycles. The zero-order chi connectivity index (χ0) is 18.6. The summed E-state index contributed by atoms with van der Waals surface area (Å²) in [5, 5.41) is 14.8. The van der Waals surface area contributed by atoms with Crippen molar-refractivity contribution in [2.75, 3.05) is 5.73 Å². The van der Waals surface area contributed by atoms with Gasteiger partial charge in [0.2, 0.25) is 0 Å². The Labute approximate surface area is 153 Å². The Morgan fingerprint density at radius 2 is 1.38 bits per heavy atom. The van der Waals surface area contributed by atoms with E-state index in [0.717, 1.165) is 5.56 Å². The molecule has 26 heavy (non-hydrogen) atoms. The third kappa shape index (κ3) is 3.47. The van der Waals surface area contributed by atoms with Crippen LogP contribution in [0.2, 0.25) is 0 Å². The van der Waals surface area contributed by atoms with Crippen LogP contribution < -0.4 is 5.73 Å². The van der Waals surface area contributed by atoms with E-state index in [-0.39, 0.29) is 5.41 Å². The van der Waals surface area contributed by atoms with Crippen LogP contribution in [0, 0.1) is 11.3 Å². The van der Waals surface area contributed by atoms with Crippen molar-refractivity contribution >= 4 is 16.7 Å². The maximum absolute atomic E-state index is 8.90. The van der Waals surface area contributed by atoms with E-state index in [1.807, 2.05) is 54.6 Å². The molecule has 4 heteroatoms. The summed E-state index contributed by atoms with van der Waals surface area (Å²) in [6.45, 7) is 4.31. The van der Waals surface area contributed by atoms with E-state index in [0.29, 0.717) is 11.3 Å². The van der Waals surface area contributed by atoms with Crippen molar-refractivity contribution in [3.63, 3.8) is 0 Å². The van der Waals surface area contributed by atoms with Gasteiger partial charge in [0.05, 0.1) is 16.6 Å². The Morgan fingerprint density at radius 3 is 1.85 bits per heavy atom. The predicted octanol–water partition coefficient (Wildman–Crippen LogP) is 4.96. The van der Waals surface area contributed by atoms with E-state index in [9.17, 15) is 0 Å². The number of fused-ring (bicyclic) bond motifs is 1. The molecular formula is C22H22N4. The van der Waals surface area contributed by atoms with Crippen LogP contribution in [0.3, 0.4) is 0 Å². The van der Waals surface area contributed by atoms with E-state index >= 15 is 0 Å². The quantitative estimate of drug-likeness (QED) is 0.450. The molecule has 0 aliphatic rings. The molecule has 4 aromatic rings. The average molecular weight is 342 g/mol. The number of rotatable bonds is 2. The lowest BCUT2D eigenvalue weighted by molar-refractivity contribution is 0.641. The van der Waals surface area contributed by atoms with Crippen molar-refractivity contribution in [2.24, 2.45) is 0 Å². The zero-order valence-corrected chi connectivity index (χ0v) is 15.0. The summed E-state index contributed by atoms with van der Waals surface area (Å²) in [5.41, 5.74) is 11.6. The van der Waals surface area contributed by atoms with Crippen molar-refractivity contribution in [1.82, 2.24) is 10.2 Å². The molecular weight excluding hydrogens is 320 g/mol. The Kier molecular flexibility index (Phi) is 4.81. The number of nitrogens with two attached hydrogens (primary N) is 1. The highest BCUT2D eigenvalue weighted by atomic mass is 15.1. The van der Waals surface area contributed by atoms with Crippen LogP contribution in [-0.4, -0.2) is 10.2 Å². The van der Waals surface area contributed by atoms with Crippen LogP contribution in [0.15, 0.2) is 72.8 Å². The summed E-state index contributed by atoms with van der Waals surface area (Å²) in [5.74, 6) is 0. The molecule has 4 rings (SSSR count). The second-order valence-electron chi connectivity index (χ2n) is 6.70. The Bertz CT molecular complexity index is 1000. The number of hydrogen-bond acceptors (Lipinski definition) is 2. The molecule has 4 nitrogen and oxygen atoms in total. The second kappa shape index (κ2) is 7.20. The van der Waals surface area contributed by atoms with Crippen molar-refractivity contribution in [3.05, 3.63) is 89.5 Å². The van der Waals surface area contributed by atoms with Crippen molar-refractivity contribution in [3.8, 4) is 6.07 Å². The van der Waals surface area contributed by atoms with Crippen LogP contribution >= 0.6 is 0 Å². The van der Waals surface area contributed by atoms with Gasteiger partial charge in [-0.25, -0.2) is 0 Å². The molecule has 0 aliphatic carbocycles. The number of nitrogen functional groups attached to an aromatic ring is 1. The lowest BCUT2D eigenvalue weighted by Crippen LogP contribution is -2.19. The molecule has 3 aromatic carbocycles. The van der Waals surface area contributed by atoms with Crippen LogP contribution in [0.5, 0.6) is 0 Å². The number of nitrogens with one attached hydrogen (secondary N) is 2. The van der Waals surface area contributed by atoms with Gasteiger partial charge in [0.25, 0.3) is 0 Å². The maximum atomic E-state index is 8.90. The fraction of sp³-hybridized carbons (Fsp3) is 0.136. The number of H-pyrrole nitrogens is 2. The molecule has 4 N–H and O–H groups in total. The minimum Gasteiger partial charge on any atom is -0.398 e. The third-order valence-electron chi connectivity index (χ3n) is 4.65. The smallest absolute Gasteiger partial charge is 0.101 e. The van der Waals surface area contributed by atoms with E-state index in [1.54, 1.807) is 6.07 Å². The molecule has 0 atom stereocenters. The van der Waals surface area contributed by atoms with Gasteiger partial charge in [0, 0.05) is 11.1 Å². The fourth-order valence-electron chi connectivity index (χ4n) is 2.85. The van der Waals surface area contributed by atoms with Crippen molar-refractivity contribution < 1.29 is 0 Å². The Morgan fingerprint density at radius 1 is 0.808 bits per heavy atom. The summed E-state index contributed by atoms with van der Waals surface area (Å²) in [4.78, 5) is 0. The minimum atomic E-state index is -0.122. The van der Waals surface area contributed by atoms with Gasteiger partial charge in [-0.2, -0.15) is 5.26 Å². The van der Waals surface area contributed by atoms with Gasteiger partial charge in [0.15, 0.2) is 0 Å². The molecule has 130 valence electrons. The van der Waals surface area contributed by atoms with Crippen LogP contribution in [0.1, 0.15) is 30.5 Å². The molecule has 0 saturated carbocycles. The van der Waals surface area contributed by atoms with E-state index in [1.165, 1.54) is 16.6 Å². The lowest BCUT2D eigenvalue weighted by Gasteiger charge is -2.26. The average Bonchev–Trinajstić information content (AvgIpc) is 2.64. The zero-order valence-electron chi connectivity index (χ0n) is 15.0. The van der Waals surface area contributed by atoms with Gasteiger partial charge in [0.1, 0.15) is 6.07 Å². The highest BCUT2D eigenvalue weighted by molar-refractivity contribution is 5.75. The predicted molar refractivity (Wildman–Crippen MR) is 107 cm³/mol. The number of aromatic amines is 2. The third-order valence-corrected chi connectivity index (χ3v) is 4.65. The minimum absolute atomic E-state index is 0.122. The van der Waals surface area contributed by atoms with E-state index < -0.39 is 0 Å². The molecule has 1 aromatic heterocycles. The Balaban J connectivity index is 0.000000201. The molecule has 0 saturated heterocycles. The number of benzene rings is 3. The first-order valence-corrected chi connectivity index (χ1v) is 8.49. The number of aromatic nitrogens is 2. The van der Waals surface area contributed by atoms with Gasteiger partial charge in [-0.1, -0.05) is 62.4 Å². The summed E-state index contributed by atoms with van der Waals surface area (Å²) >= 11 is 0. The van der Waals surface area contributed by atoms with Gasteiger partial charge in [-0.3, -0.25) is 10.2 Å². The molecule has 0 spiro atoms. The Hall–Kier alpha value is -3.45. The molecule has 0 aliphatic heterocycles. The standard InChI is InChI=1S/C16H16N2.C6H6N2/c1-16(2,13-6-4-3-5-7-13)14-9-8-12(11-17)15(18)10-14;1-2-4-6-5(3-1)7-8-6/h3-10H,18H2,1-2H3;1-4,7-8H. The molecule has 0 unspecified atom stereocenters. The molecule has 0 fully saturated rings. The van der Waals surface area contributed by atoms with Crippen LogP contribution in [-0.2, 0) is 5.41 Å². The maximum Gasteiger partial charge on any atom is 0.101 e. The van der Waals surface area contributed by atoms with Gasteiger partial charge < -0.3 is 5.73 Å². The summed E-state index contributed by atoms with van der Waals surface area (Å²) in [6.07, 6.45) is 0. The van der Waals surface area contributed by atoms with E-state index in [4.69, 9.17) is 11.0 Å². The SMILES string of the molecule is CC(C)(c1ccccc1)c1ccc(C#N)c(N)c1.c1ccc2[nH][nH]c2c1. The first kappa shape index (κ1) is 17.4. The van der Waals surface area contributed by atoms with Gasteiger partial charge in [-0.05, 0) is 35.4 Å². The number of nitrogens with zero attached hydrogens (tertiary/aromatic N) is 1. The van der Waals surface area contributed by atoms with Crippen LogP contribution in [0.25, 0.3) is 11.0 Å². The summed E-state index contributed by atoms with van der Waals surface area (Å²) in [7, 11) is 0. The van der Waals surface area contributed by atoms with E-state index in [2.05, 4.69) is 42.2 Å². The van der Waals surface area contributed by atoms with Gasteiger partial charge >= 0.3 is 0 Å². The first-order chi connectivity index (χ1) is 12.5. The van der Waals surface area contributed by atoms with Gasteiger partial charge in [-0.15, -0.1) is 0 Å². The molecule has 0 bridgehead atoms. The number of nitriles is 1. The second-order valence-corrected chi connectivity index (χ2v) is 6.70. The number of hydrogen-bond donors (Lipinski definition) is 3. The molecule has 0 amide bonds. The summed E-state index contributed by atoms with van der Waals surface area (Å²) < 4.78 is 0.